The van der Waals surface area contributed by atoms with Crippen LogP contribution in [-0.2, 0) is 17.9 Å². The minimum atomic E-state index is -4.16. The van der Waals surface area contributed by atoms with Crippen molar-refractivity contribution in [1.82, 2.24) is 15.5 Å². The monoisotopic (exact) mass is 293 g/mol. The highest BCUT2D eigenvalue weighted by Crippen LogP contribution is 2.37. The second kappa shape index (κ2) is 6.53. The normalized spacial score (nSPS) is 24.0. The smallest absolute Gasteiger partial charge is 0.377 e. The van der Waals surface area contributed by atoms with E-state index in [1.54, 1.807) is 0 Å². The molecule has 5 nitrogen and oxygen atoms in total. The van der Waals surface area contributed by atoms with Crippen LogP contribution in [-0.4, -0.2) is 29.5 Å². The van der Waals surface area contributed by atoms with Crippen molar-refractivity contribution in [3.8, 4) is 0 Å². The van der Waals surface area contributed by atoms with Crippen LogP contribution in [0.2, 0.25) is 0 Å². The van der Waals surface area contributed by atoms with Gasteiger partial charge in [0, 0.05) is 13.2 Å². The number of nitrogens with one attached hydrogen (secondary N) is 1. The lowest BCUT2D eigenvalue weighted by atomic mass is 9.84. The first-order valence-electron chi connectivity index (χ1n) is 6.61. The summed E-state index contributed by atoms with van der Waals surface area (Å²) in [6.07, 6.45) is -2.03. The van der Waals surface area contributed by atoms with Gasteiger partial charge in [0.15, 0.2) is 5.82 Å². The first-order chi connectivity index (χ1) is 9.50. The largest absolute Gasteiger partial charge is 0.393 e. The Morgan fingerprint density at radius 2 is 2.10 bits per heavy atom. The number of methoxy groups -OCH3 is 1. The first-order valence-corrected chi connectivity index (χ1v) is 6.61. The second-order valence-corrected chi connectivity index (χ2v) is 4.96. The molecule has 114 valence electrons. The molecule has 0 radical (unpaired) electrons. The molecule has 1 aliphatic rings. The van der Waals surface area contributed by atoms with Gasteiger partial charge in [0.25, 0.3) is 0 Å². The average Bonchev–Trinajstić information content (AvgIpc) is 2.84. The molecular weight excluding hydrogens is 275 g/mol. The maximum absolute atomic E-state index is 12.9. The van der Waals surface area contributed by atoms with Crippen LogP contribution < -0.4 is 5.32 Å². The van der Waals surface area contributed by atoms with Gasteiger partial charge >= 0.3 is 6.18 Å². The zero-order chi connectivity index (χ0) is 14.6. The Balaban J connectivity index is 1.90. The van der Waals surface area contributed by atoms with Crippen LogP contribution in [0.3, 0.4) is 0 Å². The fraction of sp³-hybridized carbons (Fsp3) is 0.833. The summed E-state index contributed by atoms with van der Waals surface area (Å²) in [5.74, 6) is -0.624. The molecule has 1 aliphatic carbocycles. The summed E-state index contributed by atoms with van der Waals surface area (Å²) in [6.45, 7) is 0.367. The maximum Gasteiger partial charge on any atom is 0.393 e. The quantitative estimate of drug-likeness (QED) is 0.903. The Kier molecular flexibility index (Phi) is 4.98. The second-order valence-electron chi connectivity index (χ2n) is 4.96. The third-order valence-corrected chi connectivity index (χ3v) is 3.49. The van der Waals surface area contributed by atoms with Gasteiger partial charge in [0.05, 0.1) is 12.5 Å². The van der Waals surface area contributed by atoms with Crippen molar-refractivity contribution in [3.05, 3.63) is 11.7 Å². The maximum atomic E-state index is 12.9. The molecule has 0 amide bonds. The van der Waals surface area contributed by atoms with Crippen molar-refractivity contribution in [2.24, 2.45) is 5.92 Å². The van der Waals surface area contributed by atoms with Gasteiger partial charge in [-0.15, -0.1) is 0 Å². The Bertz CT molecular complexity index is 422. The Morgan fingerprint density at radius 3 is 2.80 bits per heavy atom. The van der Waals surface area contributed by atoms with E-state index in [9.17, 15) is 13.2 Å². The number of alkyl halides is 3. The van der Waals surface area contributed by atoms with Crippen LogP contribution in [0.25, 0.3) is 0 Å². The molecule has 0 spiro atoms. The molecule has 1 aromatic rings. The molecule has 1 aromatic heterocycles. The van der Waals surface area contributed by atoms with E-state index in [4.69, 9.17) is 9.26 Å². The molecule has 1 fully saturated rings. The van der Waals surface area contributed by atoms with Crippen molar-refractivity contribution in [1.29, 1.82) is 0 Å². The highest BCUT2D eigenvalue weighted by Gasteiger charge is 2.45. The van der Waals surface area contributed by atoms with E-state index >= 15 is 0 Å². The predicted octanol–water partition coefficient (Wildman–Crippen LogP) is 2.43. The zero-order valence-corrected chi connectivity index (χ0v) is 11.2. The summed E-state index contributed by atoms with van der Waals surface area (Å²) in [4.78, 5) is 4.03. The van der Waals surface area contributed by atoms with E-state index in [2.05, 4.69) is 15.5 Å². The highest BCUT2D eigenvalue weighted by molar-refractivity contribution is 4.89. The van der Waals surface area contributed by atoms with E-state index in [-0.39, 0.29) is 25.5 Å². The van der Waals surface area contributed by atoms with Crippen LogP contribution in [0.5, 0.6) is 0 Å². The number of nitrogens with zero attached hydrogens (tertiary/aromatic N) is 2. The third kappa shape index (κ3) is 3.92. The van der Waals surface area contributed by atoms with Crippen LogP contribution in [0, 0.1) is 5.92 Å². The topological polar surface area (TPSA) is 60.2 Å². The summed E-state index contributed by atoms with van der Waals surface area (Å²) >= 11 is 0. The van der Waals surface area contributed by atoms with Gasteiger partial charge in [0.2, 0.25) is 5.89 Å². The van der Waals surface area contributed by atoms with Crippen molar-refractivity contribution >= 4 is 0 Å². The molecule has 0 saturated heterocycles. The van der Waals surface area contributed by atoms with Crippen molar-refractivity contribution in [3.63, 3.8) is 0 Å². The summed E-state index contributed by atoms with van der Waals surface area (Å²) < 4.78 is 48.5. The minimum Gasteiger partial charge on any atom is -0.377 e. The van der Waals surface area contributed by atoms with Gasteiger partial charge in [-0.05, 0) is 12.8 Å². The molecule has 1 saturated carbocycles. The van der Waals surface area contributed by atoms with E-state index < -0.39 is 18.1 Å². The molecule has 8 heteroatoms. The van der Waals surface area contributed by atoms with Gasteiger partial charge in [-0.25, -0.2) is 0 Å². The Hall–Kier alpha value is -1.15. The molecule has 0 unspecified atom stereocenters. The molecule has 2 rings (SSSR count). The lowest BCUT2D eigenvalue weighted by Gasteiger charge is -2.33. The Morgan fingerprint density at radius 1 is 1.35 bits per heavy atom. The SMILES string of the molecule is COCc1noc(CN[C@@H]2CCCC[C@H]2C(F)(F)F)n1. The summed E-state index contributed by atoms with van der Waals surface area (Å²) in [5.41, 5.74) is 0. The van der Waals surface area contributed by atoms with Crippen LogP contribution in [0.15, 0.2) is 4.52 Å². The number of rotatable bonds is 5. The van der Waals surface area contributed by atoms with Gasteiger partial charge in [-0.3, -0.25) is 0 Å². The third-order valence-electron chi connectivity index (χ3n) is 3.49. The van der Waals surface area contributed by atoms with Gasteiger partial charge in [-0.2, -0.15) is 18.2 Å². The standard InChI is InChI=1S/C12H18F3N3O2/c1-19-7-10-17-11(20-18-10)6-16-9-5-3-2-4-8(9)12(13,14)15/h8-9,16H,2-7H2,1H3/t8-,9-/m1/s1. The lowest BCUT2D eigenvalue weighted by molar-refractivity contribution is -0.189. The van der Waals surface area contributed by atoms with Crippen LogP contribution >= 0.6 is 0 Å². The van der Waals surface area contributed by atoms with Crippen LogP contribution in [0.4, 0.5) is 13.2 Å². The molecule has 20 heavy (non-hydrogen) atoms. The number of ether oxygens (including phenoxy) is 1. The fourth-order valence-corrected chi connectivity index (χ4v) is 2.54. The highest BCUT2D eigenvalue weighted by atomic mass is 19.4. The number of halogens is 3. The molecule has 1 heterocycles. The molecule has 2 atom stereocenters. The minimum absolute atomic E-state index is 0.147. The zero-order valence-electron chi connectivity index (χ0n) is 11.2. The number of aromatic nitrogens is 2. The van der Waals surface area contributed by atoms with Gasteiger partial charge in [-0.1, -0.05) is 18.0 Å². The summed E-state index contributed by atoms with van der Waals surface area (Å²) in [7, 11) is 1.50. The van der Waals surface area contributed by atoms with Crippen molar-refractivity contribution in [2.45, 2.75) is 51.1 Å². The van der Waals surface area contributed by atoms with Gasteiger partial charge in [0.1, 0.15) is 6.61 Å². The van der Waals surface area contributed by atoms with Crippen molar-refractivity contribution in [2.75, 3.05) is 7.11 Å². The average molecular weight is 293 g/mol. The molecule has 1 N–H and O–H groups in total. The predicted molar refractivity (Wildman–Crippen MR) is 63.7 cm³/mol. The van der Waals surface area contributed by atoms with E-state index in [1.165, 1.54) is 7.11 Å². The lowest BCUT2D eigenvalue weighted by Crippen LogP contribution is -2.45. The van der Waals surface area contributed by atoms with Crippen molar-refractivity contribution < 1.29 is 22.4 Å². The van der Waals surface area contributed by atoms with Crippen LogP contribution in [0.1, 0.15) is 37.4 Å². The van der Waals surface area contributed by atoms with Gasteiger partial charge < -0.3 is 14.6 Å². The van der Waals surface area contributed by atoms with E-state index in [0.29, 0.717) is 18.7 Å². The number of hydrogen-bond donors (Lipinski definition) is 1. The fourth-order valence-electron chi connectivity index (χ4n) is 2.54. The van der Waals surface area contributed by atoms with E-state index in [0.717, 1.165) is 6.42 Å². The summed E-state index contributed by atoms with van der Waals surface area (Å²) in [5, 5.41) is 6.56. The Labute approximate surface area is 114 Å². The van der Waals surface area contributed by atoms with E-state index in [1.807, 2.05) is 0 Å². The summed E-state index contributed by atoms with van der Waals surface area (Å²) in [6, 6.07) is -0.582. The molecule has 0 bridgehead atoms. The molecular formula is C12H18F3N3O2. The molecule has 0 aliphatic heterocycles. The molecule has 0 aromatic carbocycles. The first kappa shape index (κ1) is 15.2. The number of hydrogen-bond acceptors (Lipinski definition) is 5.